The minimum Gasteiger partial charge on any atom is -1.00 e. The van der Waals surface area contributed by atoms with Crippen molar-refractivity contribution in [3.05, 3.63) is 21.7 Å². The molecule has 0 fully saturated rings. The van der Waals surface area contributed by atoms with E-state index in [0.717, 1.165) is 0 Å². The first-order chi connectivity index (χ1) is 4.55. The predicted octanol–water partition coefficient (Wildman–Crippen LogP) is -2.78. The van der Waals surface area contributed by atoms with E-state index in [1.807, 2.05) is 0 Å². The van der Waals surface area contributed by atoms with Crippen molar-refractivity contribution in [3.8, 4) is 0 Å². The second-order valence-corrected chi connectivity index (χ2v) is 6.86. The molecule has 12 heavy (non-hydrogen) atoms. The molecule has 0 aliphatic heterocycles. The molecule has 0 aliphatic carbocycles. The summed E-state index contributed by atoms with van der Waals surface area (Å²) >= 11 is 2.35. The summed E-state index contributed by atoms with van der Waals surface area (Å²) in [5, 5.41) is 3.23. The second-order valence-electron chi connectivity index (χ2n) is 2.76. The molecule has 0 saturated carbocycles. The zero-order valence-electron chi connectivity index (χ0n) is 7.70. The maximum atomic E-state index is 2.35. The van der Waals surface area contributed by atoms with Gasteiger partial charge in [0.1, 0.15) is 0 Å². The molecule has 0 N–H and O–H groups in total. The SMILES string of the molecule is Cc1c(C)c(C)[p]([Ti+2])c1C.[Cl-].[Cl-]. The van der Waals surface area contributed by atoms with E-state index < -0.39 is 0 Å². The first-order valence-electron chi connectivity index (χ1n) is 3.42. The molecule has 0 aromatic carbocycles. The van der Waals surface area contributed by atoms with E-state index in [2.05, 4.69) is 47.6 Å². The van der Waals surface area contributed by atoms with Crippen LogP contribution >= 0.6 is 5.53 Å². The van der Waals surface area contributed by atoms with Gasteiger partial charge in [-0.2, -0.15) is 0 Å². The molecule has 0 aliphatic rings. The summed E-state index contributed by atoms with van der Waals surface area (Å²) in [5.41, 5.74) is 3.16. The average molecular weight is 258 g/mol. The summed E-state index contributed by atoms with van der Waals surface area (Å²) < 4.78 is 0. The first kappa shape index (κ1) is 15.5. The van der Waals surface area contributed by atoms with Gasteiger partial charge in [-0.1, -0.05) is 0 Å². The fourth-order valence-electron chi connectivity index (χ4n) is 1.13. The van der Waals surface area contributed by atoms with Crippen LogP contribution in [0.25, 0.3) is 0 Å². The van der Waals surface area contributed by atoms with E-state index in [-0.39, 0.29) is 30.3 Å². The molecular weight excluding hydrogens is 246 g/mol. The van der Waals surface area contributed by atoms with Gasteiger partial charge in [0.2, 0.25) is 0 Å². The van der Waals surface area contributed by atoms with Crippen LogP contribution in [-0.4, -0.2) is 0 Å². The number of halogens is 2. The molecule has 67 valence electrons. The molecule has 0 atom stereocenters. The van der Waals surface area contributed by atoms with Crippen molar-refractivity contribution in [2.24, 2.45) is 0 Å². The Morgan fingerprint density at radius 1 is 0.833 bits per heavy atom. The molecule has 0 amide bonds. The van der Waals surface area contributed by atoms with Gasteiger partial charge in [0.15, 0.2) is 0 Å². The van der Waals surface area contributed by atoms with Gasteiger partial charge in [-0.05, 0) is 0 Å². The van der Waals surface area contributed by atoms with Crippen LogP contribution in [0.4, 0.5) is 0 Å². The van der Waals surface area contributed by atoms with Gasteiger partial charge in [-0.25, -0.2) is 0 Å². The maximum absolute atomic E-state index is 2.35. The third kappa shape index (κ3) is 2.53. The molecule has 1 aromatic heterocycles. The molecule has 1 rings (SSSR count). The van der Waals surface area contributed by atoms with Crippen molar-refractivity contribution in [1.82, 2.24) is 0 Å². The number of hydrogen-bond acceptors (Lipinski definition) is 0. The second kappa shape index (κ2) is 5.73. The molecule has 4 heteroatoms. The van der Waals surface area contributed by atoms with Crippen molar-refractivity contribution < 1.29 is 44.7 Å². The van der Waals surface area contributed by atoms with Crippen molar-refractivity contribution in [2.45, 2.75) is 27.7 Å². The molecule has 0 bridgehead atoms. The largest absolute Gasteiger partial charge is 1.00 e. The summed E-state index contributed by atoms with van der Waals surface area (Å²) in [6, 6.07) is 0. The summed E-state index contributed by atoms with van der Waals surface area (Å²) in [7, 11) is 0. The van der Waals surface area contributed by atoms with E-state index in [9.17, 15) is 0 Å². The Balaban J connectivity index is 0. The quantitative estimate of drug-likeness (QED) is 0.442. The Morgan fingerprint density at radius 3 is 1.17 bits per heavy atom. The Kier molecular flexibility index (Phi) is 7.42. The predicted molar refractivity (Wildman–Crippen MR) is 43.5 cm³/mol. The third-order valence-corrected chi connectivity index (χ3v) is 7.47. The monoisotopic (exact) mass is 257 g/mol. The fraction of sp³-hybridized carbons (Fsp3) is 0.500. The zero-order valence-corrected chi connectivity index (χ0v) is 11.7. The van der Waals surface area contributed by atoms with Gasteiger partial charge in [-0.3, -0.25) is 0 Å². The molecule has 0 saturated heterocycles. The van der Waals surface area contributed by atoms with Crippen molar-refractivity contribution in [1.29, 1.82) is 0 Å². The van der Waals surface area contributed by atoms with Crippen LogP contribution in [-0.2, 0) is 19.9 Å². The summed E-state index contributed by atoms with van der Waals surface area (Å²) in [4.78, 5) is 0. The van der Waals surface area contributed by atoms with Gasteiger partial charge >= 0.3 is 74.9 Å². The molecule has 1 aromatic rings. The van der Waals surface area contributed by atoms with Crippen molar-refractivity contribution in [3.63, 3.8) is 0 Å². The Labute approximate surface area is 99.2 Å². The van der Waals surface area contributed by atoms with Gasteiger partial charge < -0.3 is 24.8 Å². The fourth-order valence-corrected chi connectivity index (χ4v) is 4.21. The van der Waals surface area contributed by atoms with Gasteiger partial charge in [0.25, 0.3) is 0 Å². The molecule has 0 spiro atoms. The zero-order chi connectivity index (χ0) is 7.89. The Bertz CT molecular complexity index is 188. The Hall–Kier alpha value is 1.07. The van der Waals surface area contributed by atoms with E-state index in [0.29, 0.717) is 0 Å². The number of hydrogen-bond donors (Lipinski definition) is 0. The first-order valence-corrected chi connectivity index (χ1v) is 6.86. The van der Waals surface area contributed by atoms with Crippen LogP contribution in [0, 0.1) is 27.7 Å². The summed E-state index contributed by atoms with van der Waals surface area (Å²) in [6.07, 6.45) is 0. The number of rotatable bonds is 0. The molecule has 0 unspecified atom stereocenters. The smallest absolute Gasteiger partial charge is 1.00 e. The molecule has 1 heterocycles. The van der Waals surface area contributed by atoms with Gasteiger partial charge in [0, 0.05) is 0 Å². The van der Waals surface area contributed by atoms with Crippen molar-refractivity contribution in [2.75, 3.05) is 0 Å². The normalized spacial score (nSPS) is 8.83. The maximum Gasteiger partial charge on any atom is -1.00 e. The molecular formula is C8H12Cl2PTi. The Morgan fingerprint density at radius 2 is 1.08 bits per heavy atom. The van der Waals surface area contributed by atoms with E-state index in [4.69, 9.17) is 0 Å². The van der Waals surface area contributed by atoms with Crippen LogP contribution < -0.4 is 24.8 Å². The van der Waals surface area contributed by atoms with Gasteiger partial charge in [0.05, 0.1) is 0 Å². The molecule has 0 nitrogen and oxygen atoms in total. The van der Waals surface area contributed by atoms with Gasteiger partial charge in [-0.15, -0.1) is 0 Å². The van der Waals surface area contributed by atoms with Crippen molar-refractivity contribution >= 4 is 5.53 Å². The molecule has 0 radical (unpaired) electrons. The van der Waals surface area contributed by atoms with Crippen LogP contribution in [0.1, 0.15) is 21.7 Å². The standard InChI is InChI=1S/C8H12P.2ClH.Ti/c1-5-6(2)8(4)9-7(5)3;;;/h1-4H3;2*1H;/q-1;;;+3/p-2. The van der Waals surface area contributed by atoms with E-state index in [1.165, 1.54) is 11.1 Å². The van der Waals surface area contributed by atoms with Crippen LogP contribution in [0.2, 0.25) is 0 Å². The minimum absolute atomic E-state index is 0. The van der Waals surface area contributed by atoms with E-state index in [1.54, 1.807) is 10.6 Å². The topological polar surface area (TPSA) is 0 Å². The van der Waals surface area contributed by atoms with Crippen LogP contribution in [0.15, 0.2) is 0 Å². The summed E-state index contributed by atoms with van der Waals surface area (Å²) in [6.45, 7) is 9.00. The third-order valence-electron chi connectivity index (χ3n) is 2.32. The van der Waals surface area contributed by atoms with Crippen LogP contribution in [0.5, 0.6) is 0 Å². The summed E-state index contributed by atoms with van der Waals surface area (Å²) in [5.74, 6) is 0. The van der Waals surface area contributed by atoms with E-state index >= 15 is 0 Å². The van der Waals surface area contributed by atoms with Crippen LogP contribution in [0.3, 0.4) is 0 Å². The average Bonchev–Trinajstić information content (AvgIpc) is 2.07. The minimum atomic E-state index is 0.